The average Bonchev–Trinajstić information content (AvgIpc) is 3.17. The molecule has 0 spiro atoms. The standard InChI is InChI=1S/C5H8O3.16C2H4/c1-2-5(7)8-4-3-6;16*1-2/h2,6H,1,3-4H2;16*1-2H2. The van der Waals surface area contributed by atoms with Gasteiger partial charge in [0.2, 0.25) is 0 Å². The molecule has 0 aromatic carbocycles. The maximum Gasteiger partial charge on any atom is 0.330 e. The molecule has 3 nitrogen and oxygen atoms in total. The van der Waals surface area contributed by atoms with Crippen molar-refractivity contribution < 1.29 is 14.6 Å². The molecule has 0 aliphatic heterocycles. The maximum atomic E-state index is 10.1. The van der Waals surface area contributed by atoms with Gasteiger partial charge in [0.25, 0.3) is 0 Å². The van der Waals surface area contributed by atoms with Gasteiger partial charge in [0.15, 0.2) is 0 Å². The zero-order valence-corrected chi connectivity index (χ0v) is 27.1. The van der Waals surface area contributed by atoms with Gasteiger partial charge in [0.05, 0.1) is 6.61 Å². The van der Waals surface area contributed by atoms with Crippen LogP contribution in [0.4, 0.5) is 0 Å². The molecule has 0 saturated heterocycles. The van der Waals surface area contributed by atoms with E-state index in [9.17, 15) is 4.79 Å². The summed E-state index contributed by atoms with van der Waals surface area (Å²) in [5.41, 5.74) is 0. The van der Waals surface area contributed by atoms with Crippen molar-refractivity contribution in [3.8, 4) is 0 Å². The maximum absolute atomic E-state index is 10.1. The average molecular weight is 565 g/mol. The van der Waals surface area contributed by atoms with Gasteiger partial charge in [-0.05, 0) is 0 Å². The molecule has 0 fully saturated rings. The Morgan fingerprint density at radius 2 is 0.525 bits per heavy atom. The van der Waals surface area contributed by atoms with E-state index >= 15 is 0 Å². The lowest BCUT2D eigenvalue weighted by atomic mass is 10.6. The molecule has 0 amide bonds. The van der Waals surface area contributed by atoms with Gasteiger partial charge in [-0.15, -0.1) is 211 Å². The molecular weight excluding hydrogens is 492 g/mol. The molecule has 1 N–H and O–H groups in total. The first-order valence-electron chi connectivity index (χ1n) is 10.2. The Labute approximate surface area is 256 Å². The van der Waals surface area contributed by atoms with Crippen molar-refractivity contribution in [1.82, 2.24) is 0 Å². The third-order valence-electron chi connectivity index (χ3n) is 0.502. The smallest absolute Gasteiger partial charge is 0.330 e. The summed E-state index contributed by atoms with van der Waals surface area (Å²) in [4.78, 5) is 10.1. The van der Waals surface area contributed by atoms with Gasteiger partial charge in [-0.1, -0.05) is 6.58 Å². The van der Waals surface area contributed by atoms with Gasteiger partial charge in [-0.2, -0.15) is 0 Å². The van der Waals surface area contributed by atoms with Gasteiger partial charge >= 0.3 is 5.97 Å². The van der Waals surface area contributed by atoms with Crippen LogP contribution in [0.2, 0.25) is 0 Å². The summed E-state index contributed by atoms with van der Waals surface area (Å²) in [6, 6.07) is 0. The van der Waals surface area contributed by atoms with E-state index in [1.165, 1.54) is 0 Å². The molecular formula is C37H72O3. The normalized spacial score (nSPS) is 3.23. The molecule has 0 unspecified atom stereocenters. The fraction of sp³-hybridized carbons (Fsp3) is 0.0541. The van der Waals surface area contributed by atoms with Crippen LogP contribution in [0, 0.1) is 0 Å². The Kier molecular flexibility index (Phi) is 28600. The Bertz CT molecular complexity index is 215. The monoisotopic (exact) mass is 565 g/mol. The molecule has 3 heteroatoms. The summed E-state index contributed by atoms with van der Waals surface area (Å²) in [5.74, 6) is -0.501. The molecule has 0 heterocycles. The molecule has 0 aliphatic carbocycles. The minimum Gasteiger partial charge on any atom is -0.460 e. The molecule has 0 aliphatic rings. The van der Waals surface area contributed by atoms with Crippen LogP contribution in [0.5, 0.6) is 0 Å². The van der Waals surface area contributed by atoms with Crippen molar-refractivity contribution in [1.29, 1.82) is 0 Å². The van der Waals surface area contributed by atoms with Gasteiger partial charge in [-0.3, -0.25) is 0 Å². The highest BCUT2D eigenvalue weighted by atomic mass is 16.5. The first-order valence-corrected chi connectivity index (χ1v) is 10.2. The summed E-state index contributed by atoms with van der Waals surface area (Å²) in [6.07, 6.45) is 1.05. The lowest BCUT2D eigenvalue weighted by Crippen LogP contribution is -2.04. The van der Waals surface area contributed by atoms with Gasteiger partial charge < -0.3 is 9.84 Å². The van der Waals surface area contributed by atoms with E-state index in [4.69, 9.17) is 5.11 Å². The second-order valence-corrected chi connectivity index (χ2v) is 1.10. The third-order valence-corrected chi connectivity index (χ3v) is 0.502. The summed E-state index contributed by atoms with van der Waals surface area (Å²) in [7, 11) is 0. The zero-order valence-electron chi connectivity index (χ0n) is 27.1. The van der Waals surface area contributed by atoms with E-state index in [1.54, 1.807) is 0 Å². The summed E-state index contributed by atoms with van der Waals surface area (Å²) in [5, 5.41) is 8.10. The van der Waals surface area contributed by atoms with Crippen LogP contribution in [0.15, 0.2) is 223 Å². The number of carbonyl (C=O) groups excluding carboxylic acids is 1. The SMILES string of the molecule is C=C.C=C.C=C.C=C.C=C.C=C.C=C.C=C.C=C.C=C.C=C.C=C.C=C.C=C.C=C.C=C.C=CC(=O)OCCO. The van der Waals surface area contributed by atoms with E-state index in [1.807, 2.05) is 0 Å². The quantitative estimate of drug-likeness (QED) is 0.211. The van der Waals surface area contributed by atoms with E-state index < -0.39 is 5.97 Å². The van der Waals surface area contributed by atoms with E-state index in [0.29, 0.717) is 0 Å². The molecule has 40 heavy (non-hydrogen) atoms. The number of aliphatic hydroxyl groups excluding tert-OH is 1. The highest BCUT2D eigenvalue weighted by Crippen LogP contribution is 1.75. The highest BCUT2D eigenvalue weighted by Gasteiger charge is 1.90. The molecule has 0 aromatic rings. The van der Waals surface area contributed by atoms with E-state index in [-0.39, 0.29) is 13.2 Å². The van der Waals surface area contributed by atoms with E-state index in [2.05, 4.69) is 222 Å². The van der Waals surface area contributed by atoms with Crippen LogP contribution >= 0.6 is 0 Å². The van der Waals surface area contributed by atoms with Gasteiger partial charge in [0.1, 0.15) is 6.61 Å². The van der Waals surface area contributed by atoms with Crippen LogP contribution in [0.25, 0.3) is 0 Å². The molecule has 0 atom stereocenters. The van der Waals surface area contributed by atoms with Crippen LogP contribution in [-0.2, 0) is 9.53 Å². The minimum atomic E-state index is -0.501. The predicted molar refractivity (Wildman–Crippen MR) is 208 cm³/mol. The molecule has 0 aromatic heterocycles. The molecule has 238 valence electrons. The fourth-order valence-electron chi connectivity index (χ4n) is 0.205. The first kappa shape index (κ1) is 125. The Morgan fingerprint density at radius 1 is 0.400 bits per heavy atom. The van der Waals surface area contributed by atoms with Crippen LogP contribution in [0.3, 0.4) is 0 Å². The van der Waals surface area contributed by atoms with Crippen LogP contribution in [0.1, 0.15) is 0 Å². The summed E-state index contributed by atoms with van der Waals surface area (Å²) < 4.78 is 4.33. The summed E-state index contributed by atoms with van der Waals surface area (Å²) in [6.45, 7) is 99.1. The van der Waals surface area contributed by atoms with Crippen molar-refractivity contribution in [3.63, 3.8) is 0 Å². The number of esters is 1. The molecule has 0 rings (SSSR count). The van der Waals surface area contributed by atoms with Gasteiger partial charge in [-0.25, -0.2) is 4.79 Å². The second-order valence-electron chi connectivity index (χ2n) is 1.10. The first-order chi connectivity index (χ1) is 19.8. The Morgan fingerprint density at radius 3 is 0.600 bits per heavy atom. The second kappa shape index (κ2) is 9170. The molecule has 0 saturated carbocycles. The predicted octanol–water partition coefficient (Wildman–Crippen LogP) is 12.5. The number of aliphatic hydroxyl groups is 1. The Balaban J connectivity index is -0.00000000981. The van der Waals surface area contributed by atoms with Crippen molar-refractivity contribution in [3.05, 3.63) is 223 Å². The summed E-state index contributed by atoms with van der Waals surface area (Å²) >= 11 is 0. The number of rotatable bonds is 3. The number of hydrogen-bond donors (Lipinski definition) is 1. The molecule has 0 radical (unpaired) electrons. The van der Waals surface area contributed by atoms with E-state index in [0.717, 1.165) is 6.08 Å². The largest absolute Gasteiger partial charge is 0.460 e. The number of hydrogen-bond acceptors (Lipinski definition) is 3. The van der Waals surface area contributed by atoms with Crippen LogP contribution in [-0.4, -0.2) is 24.3 Å². The number of carbonyl (C=O) groups is 1. The lowest BCUT2D eigenvalue weighted by molar-refractivity contribution is -0.138. The Hall–Kier alpha value is -4.99. The van der Waals surface area contributed by atoms with Gasteiger partial charge in [0, 0.05) is 6.08 Å². The topological polar surface area (TPSA) is 46.5 Å². The lowest BCUT2D eigenvalue weighted by Gasteiger charge is -1.94. The highest BCUT2D eigenvalue weighted by molar-refractivity contribution is 5.81. The third kappa shape index (κ3) is 33200. The van der Waals surface area contributed by atoms with Crippen molar-refractivity contribution in [2.75, 3.05) is 13.2 Å². The van der Waals surface area contributed by atoms with Crippen molar-refractivity contribution >= 4 is 5.97 Å². The zero-order chi connectivity index (χ0) is 38.4. The van der Waals surface area contributed by atoms with Crippen LogP contribution < -0.4 is 0 Å². The van der Waals surface area contributed by atoms with Crippen molar-refractivity contribution in [2.45, 2.75) is 0 Å². The fourth-order valence-corrected chi connectivity index (χ4v) is 0.205. The number of ether oxygens (including phenoxy) is 1. The molecule has 0 bridgehead atoms. The van der Waals surface area contributed by atoms with Crippen molar-refractivity contribution in [2.24, 2.45) is 0 Å². The minimum absolute atomic E-state index is 0.0465.